The van der Waals surface area contributed by atoms with Crippen LogP contribution < -0.4 is 0 Å². The Balaban J connectivity index is 4.03. The minimum absolute atomic E-state index is 0.103. The van der Waals surface area contributed by atoms with Crippen molar-refractivity contribution in [3.63, 3.8) is 0 Å². The van der Waals surface area contributed by atoms with Crippen LogP contribution in [0.3, 0.4) is 0 Å². The van der Waals surface area contributed by atoms with Gasteiger partial charge in [0.25, 0.3) is 0 Å². The zero-order valence-electron chi connectivity index (χ0n) is 7.96. The van der Waals surface area contributed by atoms with Crippen LogP contribution >= 0.6 is 0 Å². The van der Waals surface area contributed by atoms with Crippen molar-refractivity contribution in [3.8, 4) is 0 Å². The topological polar surface area (TPSA) is 61.8 Å². The van der Waals surface area contributed by atoms with Crippen LogP contribution in [0.1, 0.15) is 13.8 Å². The first kappa shape index (κ1) is 11.7. The maximum Gasteiger partial charge on any atom is 0.508 e. The van der Waals surface area contributed by atoms with Crippen LogP contribution in [0.25, 0.3) is 0 Å². The van der Waals surface area contributed by atoms with Crippen LogP contribution in [-0.2, 0) is 19.0 Å². The van der Waals surface area contributed by atoms with E-state index in [1.807, 2.05) is 0 Å². The van der Waals surface area contributed by atoms with E-state index >= 15 is 0 Å². The van der Waals surface area contributed by atoms with E-state index in [1.165, 1.54) is 7.11 Å². The molecule has 5 heteroatoms. The first-order valence-corrected chi connectivity index (χ1v) is 3.61. The van der Waals surface area contributed by atoms with E-state index in [0.717, 1.165) is 0 Å². The van der Waals surface area contributed by atoms with Crippen molar-refractivity contribution < 1.29 is 23.8 Å². The Hall–Kier alpha value is -1.26. The molecule has 0 aliphatic rings. The van der Waals surface area contributed by atoms with Crippen molar-refractivity contribution in [2.45, 2.75) is 13.8 Å². The molecule has 0 aliphatic heterocycles. The summed E-state index contributed by atoms with van der Waals surface area (Å²) in [5, 5.41) is 0. The number of methoxy groups -OCH3 is 1. The highest BCUT2D eigenvalue weighted by Crippen LogP contribution is 2.17. The summed E-state index contributed by atoms with van der Waals surface area (Å²) in [6.07, 6.45) is -0.919. The molecule has 0 spiro atoms. The molecular weight excluding hydrogens is 176 g/mol. The monoisotopic (exact) mass is 189 g/mol. The van der Waals surface area contributed by atoms with Gasteiger partial charge >= 0.3 is 12.1 Å². The highest BCUT2D eigenvalue weighted by atomic mass is 16.7. The largest absolute Gasteiger partial charge is 0.508 e. The highest BCUT2D eigenvalue weighted by Gasteiger charge is 2.30. The summed E-state index contributed by atoms with van der Waals surface area (Å²) in [5.74, 6) is -0.454. The lowest BCUT2D eigenvalue weighted by Crippen LogP contribution is -2.31. The van der Waals surface area contributed by atoms with Gasteiger partial charge in [-0.15, -0.1) is 0 Å². The minimum atomic E-state index is -0.919. The summed E-state index contributed by atoms with van der Waals surface area (Å²) in [7, 11) is 4.13. The van der Waals surface area contributed by atoms with Crippen molar-refractivity contribution in [1.29, 1.82) is 0 Å². The van der Waals surface area contributed by atoms with Gasteiger partial charge < -0.3 is 14.2 Å². The van der Waals surface area contributed by atoms with Gasteiger partial charge in [0.15, 0.2) is 0 Å². The lowest BCUT2D eigenvalue weighted by Gasteiger charge is -2.20. The molecule has 75 valence electrons. The van der Waals surface area contributed by atoms with E-state index in [0.29, 0.717) is 0 Å². The molecule has 1 radical (unpaired) electrons. The molecule has 0 unspecified atom stereocenters. The molecule has 0 aromatic carbocycles. The fraction of sp³-hybridized carbons (Fsp3) is 0.625. The molecule has 13 heavy (non-hydrogen) atoms. The Morgan fingerprint density at radius 1 is 1.38 bits per heavy atom. The molecule has 0 saturated carbocycles. The number of rotatable bonds is 3. The molecule has 0 heterocycles. The van der Waals surface area contributed by atoms with E-state index in [2.05, 4.69) is 21.3 Å². The lowest BCUT2D eigenvalue weighted by molar-refractivity contribution is -0.153. The van der Waals surface area contributed by atoms with Crippen molar-refractivity contribution in [1.82, 2.24) is 0 Å². The van der Waals surface area contributed by atoms with Gasteiger partial charge in [-0.05, 0) is 13.8 Å². The standard InChI is InChI=1S/C8H13O5/c1-8(2,6(9)11-3)5-13-7(10)12-4/h4-5H2,1-3H3. The van der Waals surface area contributed by atoms with E-state index in [4.69, 9.17) is 0 Å². The van der Waals surface area contributed by atoms with Gasteiger partial charge in [0.2, 0.25) is 0 Å². The normalized spacial score (nSPS) is 10.5. The van der Waals surface area contributed by atoms with Gasteiger partial charge in [-0.3, -0.25) is 4.79 Å². The second-order valence-corrected chi connectivity index (χ2v) is 3.06. The fourth-order valence-corrected chi connectivity index (χ4v) is 0.616. The Labute approximate surface area is 77.0 Å². The summed E-state index contributed by atoms with van der Waals surface area (Å²) < 4.78 is 13.0. The first-order chi connectivity index (χ1) is 5.94. The van der Waals surface area contributed by atoms with Crippen LogP contribution in [0.2, 0.25) is 0 Å². The van der Waals surface area contributed by atoms with Crippen LogP contribution in [0, 0.1) is 12.5 Å². The highest BCUT2D eigenvalue weighted by molar-refractivity contribution is 5.76. The van der Waals surface area contributed by atoms with Gasteiger partial charge in [0.1, 0.15) is 13.7 Å². The summed E-state index contributed by atoms with van der Waals surface area (Å²) in [4.78, 5) is 21.6. The first-order valence-electron chi connectivity index (χ1n) is 3.61. The van der Waals surface area contributed by atoms with Gasteiger partial charge in [-0.2, -0.15) is 0 Å². The van der Waals surface area contributed by atoms with E-state index in [1.54, 1.807) is 13.8 Å². The molecule has 0 bridgehead atoms. The molecule has 0 rings (SSSR count). The predicted octanol–water partition coefficient (Wildman–Crippen LogP) is 1.13. The van der Waals surface area contributed by atoms with Gasteiger partial charge in [-0.25, -0.2) is 4.79 Å². The van der Waals surface area contributed by atoms with Crippen molar-refractivity contribution >= 4 is 12.1 Å². The second kappa shape index (κ2) is 4.69. The molecule has 0 aliphatic carbocycles. The Bertz CT molecular complexity index is 197. The average molecular weight is 189 g/mol. The number of hydrogen-bond acceptors (Lipinski definition) is 5. The van der Waals surface area contributed by atoms with E-state index in [-0.39, 0.29) is 6.61 Å². The lowest BCUT2D eigenvalue weighted by atomic mass is 9.95. The molecule has 0 aromatic rings. The van der Waals surface area contributed by atoms with Gasteiger partial charge in [0, 0.05) is 0 Å². The van der Waals surface area contributed by atoms with Gasteiger partial charge in [0.05, 0.1) is 12.5 Å². The predicted molar refractivity (Wildman–Crippen MR) is 43.6 cm³/mol. The Kier molecular flexibility index (Phi) is 4.23. The van der Waals surface area contributed by atoms with Crippen LogP contribution in [0.5, 0.6) is 0 Å². The van der Waals surface area contributed by atoms with E-state index < -0.39 is 17.5 Å². The molecule has 0 saturated heterocycles. The van der Waals surface area contributed by atoms with Crippen LogP contribution in [-0.4, -0.2) is 25.8 Å². The number of esters is 1. The molecule has 0 N–H and O–H groups in total. The fourth-order valence-electron chi connectivity index (χ4n) is 0.616. The molecule has 5 nitrogen and oxygen atoms in total. The molecule has 0 atom stereocenters. The summed E-state index contributed by atoms with van der Waals surface area (Å²) in [5.41, 5.74) is -0.872. The SMILES string of the molecule is [CH2]OC(=O)OCC(C)(C)C(=O)OC. The quantitative estimate of drug-likeness (QED) is 0.623. The Morgan fingerprint density at radius 3 is 2.31 bits per heavy atom. The second-order valence-electron chi connectivity index (χ2n) is 3.06. The smallest absolute Gasteiger partial charge is 0.469 e. The summed E-state index contributed by atoms with van der Waals surface area (Å²) >= 11 is 0. The number of carbonyl (C=O) groups is 2. The van der Waals surface area contributed by atoms with Crippen molar-refractivity contribution in [2.75, 3.05) is 13.7 Å². The van der Waals surface area contributed by atoms with Gasteiger partial charge in [-0.1, -0.05) is 0 Å². The number of carbonyl (C=O) groups excluding carboxylic acids is 2. The third-order valence-corrected chi connectivity index (χ3v) is 1.41. The molecule has 0 amide bonds. The van der Waals surface area contributed by atoms with Crippen LogP contribution in [0.15, 0.2) is 0 Å². The number of ether oxygens (including phenoxy) is 3. The van der Waals surface area contributed by atoms with Crippen LogP contribution in [0.4, 0.5) is 4.79 Å². The van der Waals surface area contributed by atoms with Crippen molar-refractivity contribution in [2.24, 2.45) is 5.41 Å². The maximum atomic E-state index is 11.1. The number of hydrogen-bond donors (Lipinski definition) is 0. The zero-order chi connectivity index (χ0) is 10.5. The van der Waals surface area contributed by atoms with E-state index in [9.17, 15) is 9.59 Å². The summed E-state index contributed by atoms with van der Waals surface area (Å²) in [6, 6.07) is 0. The molecule has 0 fully saturated rings. The third kappa shape index (κ3) is 3.78. The average Bonchev–Trinajstić information content (AvgIpc) is 2.12. The molecular formula is C8H13O5. The van der Waals surface area contributed by atoms with Crippen molar-refractivity contribution in [3.05, 3.63) is 7.11 Å². The molecule has 0 aromatic heterocycles. The Morgan fingerprint density at radius 2 is 1.92 bits per heavy atom. The maximum absolute atomic E-state index is 11.1. The third-order valence-electron chi connectivity index (χ3n) is 1.41. The minimum Gasteiger partial charge on any atom is -0.469 e. The zero-order valence-corrected chi connectivity index (χ0v) is 7.96. The summed E-state index contributed by atoms with van der Waals surface area (Å²) in [6.45, 7) is 3.08.